The first-order valence-electron chi connectivity index (χ1n) is 7.28. The Morgan fingerprint density at radius 3 is 2.42 bits per heavy atom. The monoisotopic (exact) mass is 411 g/mol. The smallest absolute Gasteiger partial charge is 0.337 e. The number of aromatic carboxylic acids is 1. The maximum Gasteiger partial charge on any atom is 0.337 e. The van der Waals surface area contributed by atoms with Gasteiger partial charge in [-0.1, -0.05) is 41.9 Å². The summed E-state index contributed by atoms with van der Waals surface area (Å²) in [5.74, 6) is -1.20. The highest BCUT2D eigenvalue weighted by atomic mass is 79.9. The van der Waals surface area contributed by atoms with Gasteiger partial charge < -0.3 is 5.11 Å². The largest absolute Gasteiger partial charge is 0.478 e. The third kappa shape index (κ3) is 3.79. The first kappa shape index (κ1) is 18.5. The number of carbonyl (C=O) groups is 1. The van der Waals surface area contributed by atoms with Gasteiger partial charge in [-0.05, 0) is 48.2 Å². The number of halogens is 1. The minimum Gasteiger partial charge on any atom is -0.478 e. The number of hydrogen-bond donors (Lipinski definition) is 2. The van der Waals surface area contributed by atoms with Crippen LogP contribution in [0.5, 0.6) is 0 Å². The Hall–Kier alpha value is -1.86. The van der Waals surface area contributed by atoms with E-state index in [2.05, 4.69) is 20.7 Å². The SMILES string of the molecule is Cc1cc(S(=O)(=O)Nc2ccccc2C(=O)O)c(C(C)C)cc1Br. The van der Waals surface area contributed by atoms with Gasteiger partial charge in [-0.3, -0.25) is 4.72 Å². The van der Waals surface area contributed by atoms with E-state index in [1.165, 1.54) is 12.1 Å². The molecular formula is C17H18BrNO4S. The Labute approximate surface area is 149 Å². The molecule has 0 amide bonds. The van der Waals surface area contributed by atoms with E-state index in [4.69, 9.17) is 0 Å². The maximum atomic E-state index is 12.8. The number of hydrogen-bond acceptors (Lipinski definition) is 3. The molecule has 2 rings (SSSR count). The van der Waals surface area contributed by atoms with Crippen molar-refractivity contribution in [1.82, 2.24) is 0 Å². The maximum absolute atomic E-state index is 12.8. The number of anilines is 1. The summed E-state index contributed by atoms with van der Waals surface area (Å²) in [7, 11) is -3.92. The van der Waals surface area contributed by atoms with Crippen LogP contribution in [0.15, 0.2) is 45.8 Å². The summed E-state index contributed by atoms with van der Waals surface area (Å²) >= 11 is 3.42. The number of rotatable bonds is 5. The molecule has 0 aliphatic rings. The Kier molecular flexibility index (Phi) is 5.35. The van der Waals surface area contributed by atoms with Crippen LogP contribution in [0, 0.1) is 6.92 Å². The van der Waals surface area contributed by atoms with E-state index in [1.54, 1.807) is 31.2 Å². The number of benzene rings is 2. The molecule has 0 bridgehead atoms. The van der Waals surface area contributed by atoms with Crippen molar-refractivity contribution in [3.63, 3.8) is 0 Å². The van der Waals surface area contributed by atoms with Crippen LogP contribution in [-0.4, -0.2) is 19.5 Å². The van der Waals surface area contributed by atoms with Gasteiger partial charge in [-0.2, -0.15) is 0 Å². The predicted octanol–water partition coefficient (Wildman–Crippen LogP) is 4.38. The molecule has 0 atom stereocenters. The quantitative estimate of drug-likeness (QED) is 0.764. The van der Waals surface area contributed by atoms with Gasteiger partial charge in [0.05, 0.1) is 16.1 Å². The lowest BCUT2D eigenvalue weighted by Crippen LogP contribution is -2.18. The Balaban J connectivity index is 2.57. The molecule has 5 nitrogen and oxygen atoms in total. The lowest BCUT2D eigenvalue weighted by Gasteiger charge is -2.17. The molecule has 0 aliphatic heterocycles. The van der Waals surface area contributed by atoms with Crippen molar-refractivity contribution >= 4 is 37.6 Å². The molecular weight excluding hydrogens is 394 g/mol. The summed E-state index contributed by atoms with van der Waals surface area (Å²) in [5, 5.41) is 9.22. The Bertz CT molecular complexity index is 891. The molecule has 24 heavy (non-hydrogen) atoms. The second kappa shape index (κ2) is 6.94. The Morgan fingerprint density at radius 1 is 1.21 bits per heavy atom. The van der Waals surface area contributed by atoms with Crippen LogP contribution in [-0.2, 0) is 10.0 Å². The number of para-hydroxylation sites is 1. The van der Waals surface area contributed by atoms with Gasteiger partial charge in [0.1, 0.15) is 0 Å². The van der Waals surface area contributed by atoms with Gasteiger partial charge >= 0.3 is 5.97 Å². The topological polar surface area (TPSA) is 83.5 Å². The van der Waals surface area contributed by atoms with Crippen molar-refractivity contribution in [2.24, 2.45) is 0 Å². The normalized spacial score (nSPS) is 11.5. The molecule has 7 heteroatoms. The second-order valence-electron chi connectivity index (χ2n) is 5.75. The zero-order valence-electron chi connectivity index (χ0n) is 13.5. The van der Waals surface area contributed by atoms with Crippen LogP contribution in [0.4, 0.5) is 5.69 Å². The fourth-order valence-corrected chi connectivity index (χ4v) is 4.19. The second-order valence-corrected chi connectivity index (χ2v) is 8.26. The van der Waals surface area contributed by atoms with E-state index in [9.17, 15) is 18.3 Å². The van der Waals surface area contributed by atoms with Crippen molar-refractivity contribution < 1.29 is 18.3 Å². The Morgan fingerprint density at radius 2 is 1.83 bits per heavy atom. The highest BCUT2D eigenvalue weighted by molar-refractivity contribution is 9.10. The summed E-state index contributed by atoms with van der Waals surface area (Å²) in [6.45, 7) is 5.61. The fourth-order valence-electron chi connectivity index (χ4n) is 2.31. The summed E-state index contributed by atoms with van der Waals surface area (Å²) in [5.41, 5.74) is 1.39. The van der Waals surface area contributed by atoms with Crippen molar-refractivity contribution in [2.45, 2.75) is 31.6 Å². The molecule has 2 aromatic rings. The van der Waals surface area contributed by atoms with Crippen molar-refractivity contribution in [3.05, 3.63) is 57.6 Å². The van der Waals surface area contributed by atoms with Crippen LogP contribution in [0.1, 0.15) is 41.3 Å². The van der Waals surface area contributed by atoms with Gasteiger partial charge in [0.15, 0.2) is 0 Å². The highest BCUT2D eigenvalue weighted by Crippen LogP contribution is 2.31. The molecule has 0 unspecified atom stereocenters. The number of aryl methyl sites for hydroxylation is 1. The highest BCUT2D eigenvalue weighted by Gasteiger charge is 2.23. The van der Waals surface area contributed by atoms with Gasteiger partial charge in [0.25, 0.3) is 10.0 Å². The predicted molar refractivity (Wildman–Crippen MR) is 97.2 cm³/mol. The molecule has 0 radical (unpaired) electrons. The van der Waals surface area contributed by atoms with Crippen molar-refractivity contribution in [3.8, 4) is 0 Å². The van der Waals surface area contributed by atoms with Crippen LogP contribution in [0.2, 0.25) is 0 Å². The van der Waals surface area contributed by atoms with Crippen LogP contribution < -0.4 is 4.72 Å². The molecule has 2 aromatic carbocycles. The van der Waals surface area contributed by atoms with Crippen LogP contribution in [0.25, 0.3) is 0 Å². The molecule has 0 fully saturated rings. The average molecular weight is 412 g/mol. The summed E-state index contributed by atoms with van der Waals surface area (Å²) < 4.78 is 28.9. The zero-order chi connectivity index (χ0) is 18.1. The van der Waals surface area contributed by atoms with Gasteiger partial charge in [-0.15, -0.1) is 0 Å². The lowest BCUT2D eigenvalue weighted by atomic mass is 10.0. The number of sulfonamides is 1. The van der Waals surface area contributed by atoms with Crippen LogP contribution >= 0.6 is 15.9 Å². The van der Waals surface area contributed by atoms with Gasteiger partial charge in [0.2, 0.25) is 0 Å². The number of carboxylic acid groups (broad SMARTS) is 1. The molecule has 0 spiro atoms. The third-order valence-corrected chi connectivity index (χ3v) is 5.88. The molecule has 0 aliphatic carbocycles. The number of nitrogens with one attached hydrogen (secondary N) is 1. The van der Waals surface area contributed by atoms with Crippen molar-refractivity contribution in [1.29, 1.82) is 0 Å². The van der Waals surface area contributed by atoms with E-state index in [0.717, 1.165) is 10.0 Å². The lowest BCUT2D eigenvalue weighted by molar-refractivity contribution is 0.0698. The first-order valence-corrected chi connectivity index (χ1v) is 9.56. The fraction of sp³-hybridized carbons (Fsp3) is 0.235. The van der Waals surface area contributed by atoms with Gasteiger partial charge in [-0.25, -0.2) is 13.2 Å². The summed E-state index contributed by atoms with van der Waals surface area (Å²) in [4.78, 5) is 11.4. The molecule has 2 N–H and O–H groups in total. The number of carboxylic acids is 1. The molecule has 0 saturated heterocycles. The molecule has 0 saturated carbocycles. The standard InChI is InChI=1S/C17H18BrNO4S/c1-10(2)13-9-14(18)11(3)8-16(13)24(22,23)19-15-7-5-4-6-12(15)17(20)21/h4-10,19H,1-3H3,(H,20,21). The zero-order valence-corrected chi connectivity index (χ0v) is 15.9. The molecule has 0 heterocycles. The minimum absolute atomic E-state index is 0.0109. The van der Waals surface area contributed by atoms with E-state index in [-0.39, 0.29) is 22.1 Å². The third-order valence-electron chi connectivity index (χ3n) is 3.60. The minimum atomic E-state index is -3.92. The van der Waals surface area contributed by atoms with E-state index < -0.39 is 16.0 Å². The molecule has 128 valence electrons. The van der Waals surface area contributed by atoms with E-state index in [0.29, 0.717) is 5.56 Å². The van der Waals surface area contributed by atoms with Crippen LogP contribution in [0.3, 0.4) is 0 Å². The summed E-state index contributed by atoms with van der Waals surface area (Å²) in [6, 6.07) is 9.30. The van der Waals surface area contributed by atoms with E-state index in [1.807, 2.05) is 13.8 Å². The van der Waals surface area contributed by atoms with Gasteiger partial charge in [0, 0.05) is 4.47 Å². The first-order chi connectivity index (χ1) is 11.1. The molecule has 0 aromatic heterocycles. The van der Waals surface area contributed by atoms with Crippen molar-refractivity contribution in [2.75, 3.05) is 4.72 Å². The van der Waals surface area contributed by atoms with E-state index >= 15 is 0 Å². The summed E-state index contributed by atoms with van der Waals surface area (Å²) in [6.07, 6.45) is 0. The average Bonchev–Trinajstić information content (AvgIpc) is 2.49.